The van der Waals surface area contributed by atoms with Crippen molar-refractivity contribution >= 4 is 15.9 Å². The fraction of sp³-hybridized carbons (Fsp3) is 1.00. The molecule has 1 fully saturated rings. The number of rotatable bonds is 2. The molecule has 10 heavy (non-hydrogen) atoms. The first kappa shape index (κ1) is 8.54. The molecule has 0 unspecified atom stereocenters. The summed E-state index contributed by atoms with van der Waals surface area (Å²) in [5.41, 5.74) is 0. The average Bonchev–Trinajstić information content (AvgIpc) is 1.94. The molecule has 1 aliphatic rings. The predicted octanol–water partition coefficient (Wildman–Crippen LogP) is 2.73. The fourth-order valence-corrected chi connectivity index (χ4v) is 2.19. The number of ether oxygens (including phenoxy) is 1. The Morgan fingerprint density at radius 2 is 2.10 bits per heavy atom. The van der Waals surface area contributed by atoms with E-state index in [0.29, 0.717) is 10.9 Å². The summed E-state index contributed by atoms with van der Waals surface area (Å²) in [7, 11) is 0. The second-order valence-electron chi connectivity index (χ2n) is 2.79. The van der Waals surface area contributed by atoms with Crippen LogP contribution in [0, 0.1) is 0 Å². The van der Waals surface area contributed by atoms with Gasteiger partial charge in [0.25, 0.3) is 0 Å². The van der Waals surface area contributed by atoms with E-state index in [9.17, 15) is 0 Å². The predicted molar refractivity (Wildman–Crippen MR) is 46.6 cm³/mol. The van der Waals surface area contributed by atoms with Crippen LogP contribution in [0.5, 0.6) is 0 Å². The van der Waals surface area contributed by atoms with Crippen LogP contribution >= 0.6 is 15.9 Å². The molecule has 0 aromatic heterocycles. The Balaban J connectivity index is 2.25. The molecular weight excluding hydrogens is 192 g/mol. The van der Waals surface area contributed by atoms with E-state index in [4.69, 9.17) is 4.74 Å². The molecule has 0 bridgehead atoms. The van der Waals surface area contributed by atoms with Crippen LogP contribution in [0.2, 0.25) is 0 Å². The second kappa shape index (κ2) is 4.35. The Hall–Kier alpha value is 0.440. The molecule has 1 aliphatic carbocycles. The van der Waals surface area contributed by atoms with Crippen LogP contribution in [0.1, 0.15) is 32.6 Å². The van der Waals surface area contributed by atoms with E-state index in [-0.39, 0.29) is 0 Å². The summed E-state index contributed by atoms with van der Waals surface area (Å²) in [6.45, 7) is 2.92. The molecule has 1 nitrogen and oxygen atoms in total. The normalized spacial score (nSPS) is 34.2. The van der Waals surface area contributed by atoms with Gasteiger partial charge in [0.1, 0.15) is 0 Å². The van der Waals surface area contributed by atoms with Gasteiger partial charge in [-0.05, 0) is 19.8 Å². The van der Waals surface area contributed by atoms with Crippen molar-refractivity contribution in [1.82, 2.24) is 0 Å². The summed E-state index contributed by atoms with van der Waals surface area (Å²) in [6, 6.07) is 0. The fourth-order valence-electron chi connectivity index (χ4n) is 1.45. The molecule has 1 saturated carbocycles. The maximum atomic E-state index is 5.55. The summed E-state index contributed by atoms with van der Waals surface area (Å²) in [6.07, 6.45) is 5.71. The van der Waals surface area contributed by atoms with Crippen LogP contribution in [0.3, 0.4) is 0 Å². The zero-order chi connectivity index (χ0) is 7.40. The summed E-state index contributed by atoms with van der Waals surface area (Å²) >= 11 is 3.63. The highest BCUT2D eigenvalue weighted by Crippen LogP contribution is 2.26. The Morgan fingerprint density at radius 1 is 1.40 bits per heavy atom. The van der Waals surface area contributed by atoms with Gasteiger partial charge in [-0.2, -0.15) is 0 Å². The van der Waals surface area contributed by atoms with Gasteiger partial charge in [-0.25, -0.2) is 0 Å². The van der Waals surface area contributed by atoms with Gasteiger partial charge in [0.15, 0.2) is 0 Å². The first-order valence-corrected chi connectivity index (χ1v) is 5.02. The van der Waals surface area contributed by atoms with Crippen molar-refractivity contribution in [2.75, 3.05) is 6.61 Å². The van der Waals surface area contributed by atoms with Crippen LogP contribution in [0.4, 0.5) is 0 Å². The Labute approximate surface area is 71.3 Å². The summed E-state index contributed by atoms with van der Waals surface area (Å²) < 4.78 is 5.55. The SMILES string of the molecule is CCO[C@H]1CCCC[C@@H]1Br. The molecule has 0 aromatic rings. The molecule has 0 aliphatic heterocycles. The number of alkyl halides is 1. The molecule has 2 heteroatoms. The van der Waals surface area contributed by atoms with Crippen LogP contribution in [0.25, 0.3) is 0 Å². The van der Waals surface area contributed by atoms with E-state index in [1.54, 1.807) is 0 Å². The van der Waals surface area contributed by atoms with E-state index < -0.39 is 0 Å². The lowest BCUT2D eigenvalue weighted by Crippen LogP contribution is -2.27. The Bertz CT molecular complexity index is 93.3. The maximum absolute atomic E-state index is 5.55. The molecule has 0 saturated heterocycles. The summed E-state index contributed by atoms with van der Waals surface area (Å²) in [5, 5.41) is 0. The van der Waals surface area contributed by atoms with E-state index in [1.807, 2.05) is 0 Å². The molecule has 0 spiro atoms. The second-order valence-corrected chi connectivity index (χ2v) is 3.97. The Morgan fingerprint density at radius 3 is 2.70 bits per heavy atom. The lowest BCUT2D eigenvalue weighted by molar-refractivity contribution is 0.0430. The summed E-state index contributed by atoms with van der Waals surface area (Å²) in [4.78, 5) is 0.612. The minimum atomic E-state index is 0.485. The van der Waals surface area contributed by atoms with Crippen molar-refractivity contribution in [3.63, 3.8) is 0 Å². The van der Waals surface area contributed by atoms with Crippen molar-refractivity contribution in [1.29, 1.82) is 0 Å². The summed E-state index contributed by atoms with van der Waals surface area (Å²) in [5.74, 6) is 0. The van der Waals surface area contributed by atoms with Crippen molar-refractivity contribution in [2.45, 2.75) is 43.5 Å². The van der Waals surface area contributed by atoms with Crippen LogP contribution in [-0.4, -0.2) is 17.5 Å². The molecule has 0 N–H and O–H groups in total. The molecule has 1 rings (SSSR count). The van der Waals surface area contributed by atoms with Gasteiger partial charge in [0.2, 0.25) is 0 Å². The van der Waals surface area contributed by atoms with Gasteiger partial charge in [0, 0.05) is 11.4 Å². The average molecular weight is 207 g/mol. The van der Waals surface area contributed by atoms with Crippen LogP contribution < -0.4 is 0 Å². The van der Waals surface area contributed by atoms with Crippen molar-refractivity contribution in [3.8, 4) is 0 Å². The third-order valence-electron chi connectivity index (χ3n) is 2.00. The molecule has 0 aromatic carbocycles. The zero-order valence-electron chi connectivity index (χ0n) is 6.48. The van der Waals surface area contributed by atoms with Crippen LogP contribution in [0.15, 0.2) is 0 Å². The first-order valence-electron chi connectivity index (χ1n) is 4.10. The monoisotopic (exact) mass is 206 g/mol. The third-order valence-corrected chi connectivity index (χ3v) is 3.05. The van der Waals surface area contributed by atoms with E-state index in [2.05, 4.69) is 22.9 Å². The smallest absolute Gasteiger partial charge is 0.0699 e. The maximum Gasteiger partial charge on any atom is 0.0699 e. The van der Waals surface area contributed by atoms with E-state index in [1.165, 1.54) is 25.7 Å². The zero-order valence-corrected chi connectivity index (χ0v) is 8.06. The van der Waals surface area contributed by atoms with Crippen LogP contribution in [-0.2, 0) is 4.74 Å². The topological polar surface area (TPSA) is 9.23 Å². The Kier molecular flexibility index (Phi) is 3.71. The van der Waals surface area contributed by atoms with Crippen molar-refractivity contribution in [2.24, 2.45) is 0 Å². The lowest BCUT2D eigenvalue weighted by atomic mass is 9.98. The lowest BCUT2D eigenvalue weighted by Gasteiger charge is -2.26. The minimum absolute atomic E-state index is 0.485. The number of hydrogen-bond acceptors (Lipinski definition) is 1. The molecule has 60 valence electrons. The number of halogens is 1. The van der Waals surface area contributed by atoms with Crippen molar-refractivity contribution < 1.29 is 4.74 Å². The van der Waals surface area contributed by atoms with Gasteiger partial charge in [-0.3, -0.25) is 0 Å². The van der Waals surface area contributed by atoms with Gasteiger partial charge in [-0.1, -0.05) is 28.8 Å². The highest BCUT2D eigenvalue weighted by molar-refractivity contribution is 9.09. The molecule has 2 atom stereocenters. The van der Waals surface area contributed by atoms with Gasteiger partial charge in [-0.15, -0.1) is 0 Å². The largest absolute Gasteiger partial charge is 0.377 e. The number of hydrogen-bond donors (Lipinski definition) is 0. The van der Waals surface area contributed by atoms with Gasteiger partial charge in [0.05, 0.1) is 6.10 Å². The highest BCUT2D eigenvalue weighted by Gasteiger charge is 2.22. The standard InChI is InChI=1S/C8H15BrO/c1-2-10-8-6-4-3-5-7(8)9/h7-8H,2-6H2,1H3/t7-,8-/m0/s1. The third kappa shape index (κ3) is 2.24. The van der Waals surface area contributed by atoms with E-state index >= 15 is 0 Å². The minimum Gasteiger partial charge on any atom is -0.377 e. The highest BCUT2D eigenvalue weighted by atomic mass is 79.9. The van der Waals surface area contributed by atoms with Gasteiger partial charge >= 0.3 is 0 Å². The molecule has 0 radical (unpaired) electrons. The van der Waals surface area contributed by atoms with E-state index in [0.717, 1.165) is 6.61 Å². The molecule has 0 heterocycles. The first-order chi connectivity index (χ1) is 4.84. The van der Waals surface area contributed by atoms with Crippen molar-refractivity contribution in [3.05, 3.63) is 0 Å². The molecular formula is C8H15BrO. The van der Waals surface area contributed by atoms with Gasteiger partial charge < -0.3 is 4.74 Å². The molecule has 0 amide bonds. The quantitative estimate of drug-likeness (QED) is 0.632.